The lowest BCUT2D eigenvalue weighted by atomic mass is 10.1. The van der Waals surface area contributed by atoms with E-state index in [2.05, 4.69) is 24.6 Å². The number of ether oxygens (including phenoxy) is 2. The van der Waals surface area contributed by atoms with Crippen molar-refractivity contribution in [1.29, 1.82) is 0 Å². The number of nitrogens with zero attached hydrogens (tertiary/aromatic N) is 1. The lowest BCUT2D eigenvalue weighted by Crippen LogP contribution is -3.00. The second-order valence-corrected chi connectivity index (χ2v) is 4.75. The molecular weight excluding hydrogens is 349 g/mol. The van der Waals surface area contributed by atoms with Gasteiger partial charge in [-0.05, 0) is 12.1 Å². The van der Waals surface area contributed by atoms with E-state index in [1.54, 1.807) is 14.2 Å². The zero-order valence-corrected chi connectivity index (χ0v) is 13.4. The van der Waals surface area contributed by atoms with Crippen LogP contribution in [0.5, 0.6) is 11.5 Å². The molecule has 3 nitrogen and oxygen atoms in total. The third-order valence-corrected chi connectivity index (χ3v) is 4.03. The largest absolute Gasteiger partial charge is 1.00 e. The molecule has 0 radical (unpaired) electrons. The molecule has 0 fully saturated rings. The second-order valence-electron chi connectivity index (χ2n) is 3.76. The van der Waals surface area contributed by atoms with E-state index in [4.69, 9.17) is 9.47 Å². The molecular formula is C12H16INO2S. The smallest absolute Gasteiger partial charge is 0.193 e. The molecule has 94 valence electrons. The summed E-state index contributed by atoms with van der Waals surface area (Å²) in [5.74, 6) is 2.57. The molecule has 0 spiro atoms. The minimum absolute atomic E-state index is 0. The molecule has 0 aromatic heterocycles. The van der Waals surface area contributed by atoms with Crippen molar-refractivity contribution < 1.29 is 38.0 Å². The molecule has 5 heteroatoms. The van der Waals surface area contributed by atoms with Gasteiger partial charge in [0, 0.05) is 11.8 Å². The van der Waals surface area contributed by atoms with Gasteiger partial charge in [-0.15, -0.1) is 0 Å². The fourth-order valence-electron chi connectivity index (χ4n) is 1.73. The summed E-state index contributed by atoms with van der Waals surface area (Å²) in [7, 11) is 5.43. The van der Waals surface area contributed by atoms with E-state index in [9.17, 15) is 0 Å². The van der Waals surface area contributed by atoms with Crippen LogP contribution < -0.4 is 33.5 Å². The van der Waals surface area contributed by atoms with Gasteiger partial charge in [-0.3, -0.25) is 0 Å². The summed E-state index contributed by atoms with van der Waals surface area (Å²) in [5.41, 5.74) is 2.51. The predicted octanol–water partition coefficient (Wildman–Crippen LogP) is -0.778. The Balaban J connectivity index is 0.00000144. The molecule has 0 saturated heterocycles. The van der Waals surface area contributed by atoms with E-state index < -0.39 is 0 Å². The first kappa shape index (κ1) is 14.6. The summed E-state index contributed by atoms with van der Waals surface area (Å²) in [4.78, 5) is 1.26. The quantitative estimate of drug-likeness (QED) is 0.507. The van der Waals surface area contributed by atoms with Crippen LogP contribution >= 0.6 is 11.8 Å². The van der Waals surface area contributed by atoms with Gasteiger partial charge >= 0.3 is 0 Å². The Hall–Kier alpha value is -0.430. The van der Waals surface area contributed by atoms with Gasteiger partial charge in [0.1, 0.15) is 7.05 Å². The van der Waals surface area contributed by atoms with Crippen LogP contribution in [0.25, 0.3) is 0 Å². The van der Waals surface area contributed by atoms with Crippen molar-refractivity contribution in [3.63, 3.8) is 0 Å². The van der Waals surface area contributed by atoms with Crippen molar-refractivity contribution in [2.75, 3.05) is 27.1 Å². The molecule has 0 aliphatic carbocycles. The monoisotopic (exact) mass is 365 g/mol. The van der Waals surface area contributed by atoms with E-state index in [0.29, 0.717) is 0 Å². The van der Waals surface area contributed by atoms with Crippen LogP contribution in [0, 0.1) is 0 Å². The maximum Gasteiger partial charge on any atom is 0.193 e. The van der Waals surface area contributed by atoms with Crippen LogP contribution in [0.1, 0.15) is 12.5 Å². The lowest BCUT2D eigenvalue weighted by molar-refractivity contribution is -0.475. The minimum atomic E-state index is 0. The van der Waals surface area contributed by atoms with Gasteiger partial charge in [0.15, 0.2) is 23.1 Å². The molecule has 2 rings (SSSR count). The molecule has 0 bridgehead atoms. The van der Waals surface area contributed by atoms with E-state index >= 15 is 0 Å². The van der Waals surface area contributed by atoms with Gasteiger partial charge in [-0.25, -0.2) is 4.58 Å². The molecule has 1 aliphatic rings. The van der Waals surface area contributed by atoms with Crippen molar-refractivity contribution >= 4 is 17.5 Å². The van der Waals surface area contributed by atoms with Gasteiger partial charge in [0.2, 0.25) is 0 Å². The Kier molecular flexibility index (Phi) is 5.12. The highest BCUT2D eigenvalue weighted by Crippen LogP contribution is 2.37. The first-order chi connectivity index (χ1) is 7.67. The number of methoxy groups -OCH3 is 2. The number of hydrogen-bond donors (Lipinski definition) is 0. The van der Waals surface area contributed by atoms with E-state index in [1.807, 2.05) is 17.8 Å². The van der Waals surface area contributed by atoms with Crippen molar-refractivity contribution in [2.45, 2.75) is 11.8 Å². The molecule has 17 heavy (non-hydrogen) atoms. The molecule has 1 aromatic carbocycles. The van der Waals surface area contributed by atoms with E-state index in [1.165, 1.54) is 16.2 Å². The predicted molar refractivity (Wildman–Crippen MR) is 66.2 cm³/mol. The Morgan fingerprint density at radius 1 is 1.18 bits per heavy atom. The summed E-state index contributed by atoms with van der Waals surface area (Å²) in [5, 5.41) is 0. The summed E-state index contributed by atoms with van der Waals surface area (Å²) >= 11 is 1.82. The Bertz CT molecular complexity index is 460. The van der Waals surface area contributed by atoms with Gasteiger partial charge < -0.3 is 33.5 Å². The van der Waals surface area contributed by atoms with Gasteiger partial charge in [0.25, 0.3) is 0 Å². The normalized spacial score (nSPS) is 13.9. The summed E-state index contributed by atoms with van der Waals surface area (Å²) in [6.07, 6.45) is 0. The number of halogens is 1. The van der Waals surface area contributed by atoms with Crippen LogP contribution in [-0.2, 0) is 0 Å². The zero-order chi connectivity index (χ0) is 11.7. The fourth-order valence-corrected chi connectivity index (χ4v) is 2.81. The number of hydrogen-bond acceptors (Lipinski definition) is 3. The van der Waals surface area contributed by atoms with Crippen LogP contribution in [0.2, 0.25) is 0 Å². The molecule has 1 heterocycles. The third kappa shape index (κ3) is 2.70. The second kappa shape index (κ2) is 5.95. The first-order valence-electron chi connectivity index (χ1n) is 5.11. The molecule has 0 amide bonds. The fraction of sp³-hybridized carbons (Fsp3) is 0.417. The molecule has 0 saturated carbocycles. The van der Waals surface area contributed by atoms with Crippen LogP contribution in [0.15, 0.2) is 17.0 Å². The number of fused-ring (bicyclic) bond motifs is 1. The molecule has 0 N–H and O–H groups in total. The number of benzene rings is 1. The van der Waals surface area contributed by atoms with Crippen LogP contribution in [0.4, 0.5) is 0 Å². The molecule has 0 atom stereocenters. The Morgan fingerprint density at radius 3 is 2.35 bits per heavy atom. The van der Waals surface area contributed by atoms with Crippen LogP contribution in [-0.4, -0.2) is 37.4 Å². The maximum atomic E-state index is 5.32. The highest BCUT2D eigenvalue weighted by Gasteiger charge is 2.22. The lowest BCUT2D eigenvalue weighted by Gasteiger charge is -2.16. The number of thioether (sulfide) groups is 1. The maximum absolute atomic E-state index is 5.32. The first-order valence-corrected chi connectivity index (χ1v) is 6.09. The van der Waals surface area contributed by atoms with E-state index in [-0.39, 0.29) is 24.0 Å². The average molecular weight is 365 g/mol. The summed E-state index contributed by atoms with van der Waals surface area (Å²) in [6.45, 7) is 2.13. The highest BCUT2D eigenvalue weighted by atomic mass is 127. The van der Waals surface area contributed by atoms with Crippen molar-refractivity contribution in [2.24, 2.45) is 0 Å². The molecule has 0 unspecified atom stereocenters. The van der Waals surface area contributed by atoms with Gasteiger partial charge in [-0.1, -0.05) is 11.8 Å². The number of rotatable bonds is 2. The molecule has 1 aromatic rings. The third-order valence-electron chi connectivity index (χ3n) is 2.86. The van der Waals surface area contributed by atoms with Crippen LogP contribution in [0.3, 0.4) is 0 Å². The van der Waals surface area contributed by atoms with Crippen molar-refractivity contribution in [3.8, 4) is 11.5 Å². The van der Waals surface area contributed by atoms with Crippen molar-refractivity contribution in [3.05, 3.63) is 17.7 Å². The Morgan fingerprint density at radius 2 is 1.76 bits per heavy atom. The molecule has 1 aliphatic heterocycles. The minimum Gasteiger partial charge on any atom is -1.00 e. The highest BCUT2D eigenvalue weighted by molar-refractivity contribution is 7.99. The summed E-state index contributed by atoms with van der Waals surface area (Å²) in [6, 6.07) is 4.10. The van der Waals surface area contributed by atoms with Crippen molar-refractivity contribution in [1.82, 2.24) is 0 Å². The summed E-state index contributed by atoms with van der Waals surface area (Å²) < 4.78 is 12.9. The van der Waals surface area contributed by atoms with Gasteiger partial charge in [0.05, 0.1) is 19.8 Å². The van der Waals surface area contributed by atoms with E-state index in [0.717, 1.165) is 17.4 Å². The topological polar surface area (TPSA) is 21.5 Å². The SMILES string of the molecule is COc1cc2c(cc1OC)C(C)=[N+](C)CS2.[I-]. The average Bonchev–Trinajstić information content (AvgIpc) is 2.32. The zero-order valence-electron chi connectivity index (χ0n) is 10.4. The Labute approximate surface area is 123 Å². The standard InChI is InChI=1S/C12H16NO2S.HI/c1-8-9-5-10(14-3)11(15-4)6-12(9)16-7-13(8)2;/h5-6H,7H2,1-4H3;1H/q+1;/p-1. The van der Waals surface area contributed by atoms with Gasteiger partial charge in [-0.2, -0.15) is 0 Å².